The topological polar surface area (TPSA) is 175 Å². The molecule has 4 heterocycles. The highest BCUT2D eigenvalue weighted by Gasteiger charge is 2.41. The van der Waals surface area contributed by atoms with Crippen LogP contribution >= 0.6 is 0 Å². The Bertz CT molecular complexity index is 2130. The molecule has 0 unspecified atom stereocenters. The van der Waals surface area contributed by atoms with Gasteiger partial charge in [-0.2, -0.15) is 0 Å². The number of carbonyl (C=O) groups is 4. The number of hydrogen-bond acceptors (Lipinski definition) is 8. The minimum absolute atomic E-state index is 0.124. The molecule has 2 aliphatic heterocycles. The summed E-state index contributed by atoms with van der Waals surface area (Å²) < 4.78 is 9.52. The Morgan fingerprint density at radius 1 is 0.672 bits per heavy atom. The maximum Gasteiger partial charge on any atom is 0.407 e. The number of aromatic amines is 2. The first-order valence-electron chi connectivity index (χ1n) is 19.7. The fourth-order valence-corrected chi connectivity index (χ4v) is 7.67. The molecule has 14 nitrogen and oxygen atoms in total. The molecule has 58 heavy (non-hydrogen) atoms. The normalized spacial score (nSPS) is 19.9. The van der Waals surface area contributed by atoms with Gasteiger partial charge in [0, 0.05) is 36.6 Å². The molecule has 4 aromatic rings. The number of imidazole rings is 2. The van der Waals surface area contributed by atoms with E-state index in [0.29, 0.717) is 36.1 Å². The number of hydrogen-bond donors (Lipinski definition) is 4. The fraction of sp³-hybridized carbons (Fsp3) is 0.455. The van der Waals surface area contributed by atoms with Crippen LogP contribution in [0.5, 0.6) is 0 Å². The molecule has 2 saturated heterocycles. The summed E-state index contributed by atoms with van der Waals surface area (Å²) in [6, 6.07) is 10.0. The van der Waals surface area contributed by atoms with Crippen molar-refractivity contribution < 1.29 is 28.7 Å². The van der Waals surface area contributed by atoms with Gasteiger partial charge in [0.2, 0.25) is 11.8 Å². The summed E-state index contributed by atoms with van der Waals surface area (Å²) in [5, 5.41) is 7.40. The zero-order valence-electron chi connectivity index (χ0n) is 34.3. The Morgan fingerprint density at radius 3 is 1.43 bits per heavy atom. The van der Waals surface area contributed by atoms with E-state index >= 15 is 0 Å². The van der Waals surface area contributed by atoms with Crippen LogP contribution < -0.4 is 10.6 Å². The van der Waals surface area contributed by atoms with Gasteiger partial charge in [0.25, 0.3) is 0 Å². The number of benzene rings is 2. The highest BCUT2D eigenvalue weighted by atomic mass is 16.5. The Balaban J connectivity index is 1.12. The van der Waals surface area contributed by atoms with E-state index in [-0.39, 0.29) is 47.6 Å². The van der Waals surface area contributed by atoms with Crippen molar-refractivity contribution >= 4 is 34.8 Å². The second-order valence-electron chi connectivity index (χ2n) is 16.0. The van der Waals surface area contributed by atoms with Crippen LogP contribution in [0.2, 0.25) is 0 Å². The van der Waals surface area contributed by atoms with Crippen molar-refractivity contribution in [1.82, 2.24) is 40.4 Å². The van der Waals surface area contributed by atoms with Gasteiger partial charge >= 0.3 is 12.2 Å². The monoisotopic (exact) mass is 788 g/mol. The quantitative estimate of drug-likeness (QED) is 0.165. The lowest BCUT2D eigenvalue weighted by Crippen LogP contribution is -2.51. The van der Waals surface area contributed by atoms with E-state index in [1.807, 2.05) is 64.1 Å². The van der Waals surface area contributed by atoms with E-state index in [0.717, 1.165) is 34.7 Å². The standard InChI is InChI=1S/C44H52N8O6/c1-25(2)37(49-43(55)57-7)41(53)51-23-27(5)17-35(51)39-45-21-33(47-39)15-11-29-9-13-32-20-30(10-14-31(32)19-29)12-16-34-22-46-40(48-34)36-18-28(6)24-52(36)42(54)38(26(3)4)50-44(56)58-8/h9-10,13-14,19-22,25-28,35-38H,17-18,23-24H2,1-8H3,(H,45,47)(H,46,48)(H,49,55)(H,50,56)/t27-,28-,35-,36-,37-,38-/m0/s1. The highest BCUT2D eigenvalue weighted by molar-refractivity contribution is 5.87. The molecule has 6 rings (SSSR count). The number of nitrogens with one attached hydrogen (secondary N) is 4. The minimum atomic E-state index is -0.712. The van der Waals surface area contributed by atoms with Gasteiger partial charge in [0.15, 0.2) is 0 Å². The third-order valence-electron chi connectivity index (χ3n) is 10.7. The molecular weight excluding hydrogens is 737 g/mol. The number of H-pyrrole nitrogens is 2. The van der Waals surface area contributed by atoms with Gasteiger partial charge < -0.3 is 39.9 Å². The van der Waals surface area contributed by atoms with E-state index < -0.39 is 24.3 Å². The van der Waals surface area contributed by atoms with Crippen LogP contribution in [0, 0.1) is 47.4 Å². The molecule has 2 fully saturated rings. The van der Waals surface area contributed by atoms with E-state index in [1.54, 1.807) is 22.2 Å². The lowest BCUT2D eigenvalue weighted by Gasteiger charge is -2.30. The van der Waals surface area contributed by atoms with Crippen molar-refractivity contribution in [3.63, 3.8) is 0 Å². The number of methoxy groups -OCH3 is 2. The van der Waals surface area contributed by atoms with Gasteiger partial charge in [-0.3, -0.25) is 9.59 Å². The summed E-state index contributed by atoms with van der Waals surface area (Å²) in [5.74, 6) is 14.0. The summed E-state index contributed by atoms with van der Waals surface area (Å²) in [7, 11) is 2.56. The van der Waals surface area contributed by atoms with Crippen LogP contribution in [-0.2, 0) is 19.1 Å². The lowest BCUT2D eigenvalue weighted by molar-refractivity contribution is -0.136. The van der Waals surface area contributed by atoms with Gasteiger partial charge in [-0.15, -0.1) is 0 Å². The Hall–Kier alpha value is -6.28. The van der Waals surface area contributed by atoms with Crippen molar-refractivity contribution in [3.05, 3.63) is 83.0 Å². The van der Waals surface area contributed by atoms with Gasteiger partial charge in [-0.05, 0) is 83.4 Å². The molecule has 2 aromatic heterocycles. The van der Waals surface area contributed by atoms with Gasteiger partial charge in [0.05, 0.1) is 26.3 Å². The van der Waals surface area contributed by atoms with Gasteiger partial charge in [-0.1, -0.05) is 65.5 Å². The molecule has 0 saturated carbocycles. The predicted octanol–water partition coefficient (Wildman–Crippen LogP) is 5.67. The fourth-order valence-electron chi connectivity index (χ4n) is 7.67. The molecule has 14 heteroatoms. The minimum Gasteiger partial charge on any atom is -0.453 e. The Morgan fingerprint density at radius 2 is 1.07 bits per heavy atom. The van der Waals surface area contributed by atoms with E-state index in [4.69, 9.17) is 19.4 Å². The van der Waals surface area contributed by atoms with Crippen molar-refractivity contribution in [2.24, 2.45) is 23.7 Å². The molecule has 2 aliphatic rings. The molecule has 304 valence electrons. The molecule has 0 spiro atoms. The molecule has 4 N–H and O–H groups in total. The highest BCUT2D eigenvalue weighted by Crippen LogP contribution is 2.36. The van der Waals surface area contributed by atoms with E-state index in [1.165, 1.54) is 14.2 Å². The smallest absolute Gasteiger partial charge is 0.407 e. The zero-order chi connectivity index (χ0) is 41.7. The number of carbonyl (C=O) groups excluding carboxylic acids is 4. The second-order valence-corrected chi connectivity index (χ2v) is 16.0. The van der Waals surface area contributed by atoms with Gasteiger partial charge in [0.1, 0.15) is 35.1 Å². The summed E-state index contributed by atoms with van der Waals surface area (Å²) in [6.45, 7) is 12.9. The molecule has 6 atom stereocenters. The number of aromatic nitrogens is 4. The predicted molar refractivity (Wildman–Crippen MR) is 218 cm³/mol. The van der Waals surface area contributed by atoms with Crippen LogP contribution in [0.15, 0.2) is 48.8 Å². The first kappa shape index (κ1) is 41.4. The Kier molecular flexibility index (Phi) is 12.8. The maximum atomic E-state index is 13.6. The average Bonchev–Trinajstić information content (AvgIpc) is 4.03. The summed E-state index contributed by atoms with van der Waals surface area (Å²) in [4.78, 5) is 70.7. The number of nitrogens with zero attached hydrogens (tertiary/aromatic N) is 4. The van der Waals surface area contributed by atoms with Crippen molar-refractivity contribution in [2.75, 3.05) is 27.3 Å². The molecular formula is C44H52N8O6. The van der Waals surface area contributed by atoms with Crippen LogP contribution in [0.3, 0.4) is 0 Å². The number of fused-ring (bicyclic) bond motifs is 1. The molecule has 2 aromatic carbocycles. The van der Waals surface area contributed by atoms with Crippen molar-refractivity contribution in [2.45, 2.75) is 78.6 Å². The number of amides is 4. The summed E-state index contributed by atoms with van der Waals surface area (Å²) in [5.41, 5.74) is 2.79. The van der Waals surface area contributed by atoms with Gasteiger partial charge in [-0.25, -0.2) is 19.6 Å². The molecule has 0 aliphatic carbocycles. The second kappa shape index (κ2) is 17.9. The van der Waals surface area contributed by atoms with Crippen LogP contribution in [-0.4, -0.2) is 93.1 Å². The third kappa shape index (κ3) is 9.46. The van der Waals surface area contributed by atoms with Crippen LogP contribution in [0.25, 0.3) is 10.8 Å². The average molecular weight is 789 g/mol. The van der Waals surface area contributed by atoms with Crippen molar-refractivity contribution in [3.8, 4) is 23.7 Å². The number of alkyl carbamates (subject to hydrolysis) is 2. The summed E-state index contributed by atoms with van der Waals surface area (Å²) >= 11 is 0. The summed E-state index contributed by atoms with van der Waals surface area (Å²) in [6.07, 6.45) is 3.72. The first-order valence-corrected chi connectivity index (χ1v) is 19.7. The molecule has 0 radical (unpaired) electrons. The lowest BCUT2D eigenvalue weighted by atomic mass is 10.0. The number of ether oxygens (including phenoxy) is 2. The van der Waals surface area contributed by atoms with Crippen LogP contribution in [0.1, 0.15) is 101 Å². The third-order valence-corrected chi connectivity index (χ3v) is 10.7. The SMILES string of the molecule is COC(=O)N[C@H](C(=O)N1C[C@@H](C)C[C@H]1c1nc(C#Cc2ccc3cc(C#Cc4c[nH]c([C@@H]5C[C@H](C)CN5C(=O)[C@@H](NC(=O)OC)C(C)C)n4)ccc3c2)c[nH]1)C(C)C. The maximum absolute atomic E-state index is 13.6. The largest absolute Gasteiger partial charge is 0.453 e. The first-order chi connectivity index (χ1) is 27.7. The molecule has 0 bridgehead atoms. The van der Waals surface area contributed by atoms with Crippen molar-refractivity contribution in [1.29, 1.82) is 0 Å². The zero-order valence-corrected chi connectivity index (χ0v) is 34.3. The van der Waals surface area contributed by atoms with E-state index in [9.17, 15) is 19.2 Å². The van der Waals surface area contributed by atoms with Crippen LogP contribution in [0.4, 0.5) is 9.59 Å². The molecule has 4 amide bonds. The number of likely N-dealkylation sites (tertiary alicyclic amines) is 2. The van der Waals surface area contributed by atoms with E-state index in [2.05, 4.69) is 58.1 Å². The number of rotatable bonds is 8. The Labute approximate surface area is 339 Å².